The quantitative estimate of drug-likeness (QED) is 0.615. The van der Waals surface area contributed by atoms with Gasteiger partial charge < -0.3 is 10.1 Å². The van der Waals surface area contributed by atoms with Gasteiger partial charge in [0.05, 0.1) is 38.4 Å². The first-order valence-electron chi connectivity index (χ1n) is 8.40. The number of carbonyl (C=O) groups excluding carboxylic acids is 2. The molecular formula is C20H17Cl2N3O3. The zero-order valence-electron chi connectivity index (χ0n) is 15.2. The highest BCUT2D eigenvalue weighted by molar-refractivity contribution is 6.42. The maximum absolute atomic E-state index is 12.2. The average Bonchev–Trinajstić information content (AvgIpc) is 2.97. The van der Waals surface area contributed by atoms with Gasteiger partial charge in [0.15, 0.2) is 6.61 Å². The van der Waals surface area contributed by atoms with Crippen molar-refractivity contribution in [2.75, 3.05) is 11.9 Å². The summed E-state index contributed by atoms with van der Waals surface area (Å²) < 4.78 is 6.79. The maximum Gasteiger partial charge on any atom is 0.338 e. The number of hydrogen-bond acceptors (Lipinski definition) is 4. The van der Waals surface area contributed by atoms with Crippen LogP contribution in [0.3, 0.4) is 0 Å². The fourth-order valence-electron chi connectivity index (χ4n) is 2.66. The number of ether oxygens (including phenoxy) is 1. The molecule has 0 atom stereocenters. The van der Waals surface area contributed by atoms with E-state index in [1.54, 1.807) is 11.6 Å². The Bertz CT molecular complexity index is 1030. The van der Waals surface area contributed by atoms with Crippen molar-refractivity contribution < 1.29 is 14.3 Å². The van der Waals surface area contributed by atoms with Gasteiger partial charge in [-0.2, -0.15) is 5.10 Å². The Morgan fingerprint density at radius 2 is 1.79 bits per heavy atom. The van der Waals surface area contributed by atoms with Gasteiger partial charge in [0.1, 0.15) is 0 Å². The molecule has 28 heavy (non-hydrogen) atoms. The minimum absolute atomic E-state index is 0.214. The van der Waals surface area contributed by atoms with Crippen LogP contribution in [0.15, 0.2) is 48.5 Å². The molecule has 0 fully saturated rings. The largest absolute Gasteiger partial charge is 0.452 e. The third-order valence-corrected chi connectivity index (χ3v) is 4.79. The minimum atomic E-state index is -0.665. The van der Waals surface area contributed by atoms with Gasteiger partial charge in [-0.25, -0.2) is 9.48 Å². The molecule has 0 spiro atoms. The van der Waals surface area contributed by atoms with Crippen molar-refractivity contribution in [2.24, 2.45) is 0 Å². The monoisotopic (exact) mass is 417 g/mol. The van der Waals surface area contributed by atoms with E-state index in [4.69, 9.17) is 27.9 Å². The molecule has 1 amide bonds. The molecule has 0 aliphatic rings. The number of rotatable bonds is 5. The lowest BCUT2D eigenvalue weighted by Crippen LogP contribution is -2.21. The lowest BCUT2D eigenvalue weighted by atomic mass is 10.2. The van der Waals surface area contributed by atoms with Crippen molar-refractivity contribution in [3.05, 3.63) is 75.5 Å². The molecule has 1 N–H and O–H groups in total. The Hall–Kier alpha value is -2.83. The topological polar surface area (TPSA) is 73.2 Å². The van der Waals surface area contributed by atoms with Gasteiger partial charge in [-0.1, -0.05) is 41.4 Å². The number of halogens is 2. The number of nitrogens with zero attached hydrogens (tertiary/aromatic N) is 2. The second-order valence-corrected chi connectivity index (χ2v) is 6.86. The van der Waals surface area contributed by atoms with Crippen LogP contribution in [0.2, 0.25) is 10.0 Å². The second kappa shape index (κ2) is 8.46. The van der Waals surface area contributed by atoms with Crippen LogP contribution in [0, 0.1) is 13.8 Å². The molecule has 0 unspecified atom stereocenters. The van der Waals surface area contributed by atoms with Gasteiger partial charge in [-0.05, 0) is 44.2 Å². The number of aromatic nitrogens is 2. The highest BCUT2D eigenvalue weighted by atomic mass is 35.5. The summed E-state index contributed by atoms with van der Waals surface area (Å²) in [6.45, 7) is 3.21. The summed E-state index contributed by atoms with van der Waals surface area (Å²) in [5.41, 5.74) is 3.11. The van der Waals surface area contributed by atoms with Crippen molar-refractivity contribution >= 4 is 40.8 Å². The normalized spacial score (nSPS) is 10.6. The molecular weight excluding hydrogens is 401 g/mol. The molecule has 144 valence electrons. The second-order valence-electron chi connectivity index (χ2n) is 6.05. The molecule has 3 aromatic rings. The highest BCUT2D eigenvalue weighted by Gasteiger charge is 2.17. The van der Waals surface area contributed by atoms with Crippen molar-refractivity contribution in [3.63, 3.8) is 0 Å². The van der Waals surface area contributed by atoms with Crippen LogP contribution in [-0.4, -0.2) is 28.3 Å². The van der Waals surface area contributed by atoms with E-state index in [-0.39, 0.29) is 10.6 Å². The summed E-state index contributed by atoms with van der Waals surface area (Å²) >= 11 is 11.7. The maximum atomic E-state index is 12.2. The van der Waals surface area contributed by atoms with E-state index in [0.29, 0.717) is 16.4 Å². The standard InChI is InChI=1S/C20H17Cl2N3O3/c1-12-19(13(2)25(24-12)15-6-4-3-5-7-15)23-18(26)11-28-20(27)14-8-9-16(21)17(22)10-14/h3-10H,11H2,1-2H3,(H,23,26). The summed E-state index contributed by atoms with van der Waals surface area (Å²) in [5, 5.41) is 7.78. The molecule has 0 bridgehead atoms. The van der Waals surface area contributed by atoms with Crippen LogP contribution in [0.4, 0.5) is 5.69 Å². The van der Waals surface area contributed by atoms with E-state index in [2.05, 4.69) is 10.4 Å². The van der Waals surface area contributed by atoms with Gasteiger partial charge in [-0.3, -0.25) is 4.79 Å². The lowest BCUT2D eigenvalue weighted by Gasteiger charge is -2.08. The fourth-order valence-corrected chi connectivity index (χ4v) is 2.96. The summed E-state index contributed by atoms with van der Waals surface area (Å²) in [6, 6.07) is 13.9. The van der Waals surface area contributed by atoms with Crippen LogP contribution < -0.4 is 5.32 Å². The van der Waals surface area contributed by atoms with Crippen LogP contribution >= 0.6 is 23.2 Å². The number of para-hydroxylation sites is 1. The summed E-state index contributed by atoms with van der Waals surface area (Å²) in [4.78, 5) is 24.3. The molecule has 6 nitrogen and oxygen atoms in total. The van der Waals surface area contributed by atoms with Crippen LogP contribution in [0.1, 0.15) is 21.7 Å². The summed E-state index contributed by atoms with van der Waals surface area (Å²) in [6.07, 6.45) is 0. The van der Waals surface area contributed by atoms with Crippen LogP contribution in [-0.2, 0) is 9.53 Å². The number of nitrogens with one attached hydrogen (secondary N) is 1. The third-order valence-electron chi connectivity index (χ3n) is 4.05. The summed E-state index contributed by atoms with van der Waals surface area (Å²) in [5.74, 6) is -1.13. The van der Waals surface area contributed by atoms with E-state index in [0.717, 1.165) is 11.4 Å². The van der Waals surface area contributed by atoms with E-state index in [1.165, 1.54) is 18.2 Å². The first kappa shape index (κ1) is 19.9. The molecule has 0 saturated heterocycles. The fraction of sp³-hybridized carbons (Fsp3) is 0.150. The van der Waals surface area contributed by atoms with E-state index in [1.807, 2.05) is 37.3 Å². The number of esters is 1. The SMILES string of the molecule is Cc1nn(-c2ccccc2)c(C)c1NC(=O)COC(=O)c1ccc(Cl)c(Cl)c1. The zero-order valence-corrected chi connectivity index (χ0v) is 16.7. The smallest absolute Gasteiger partial charge is 0.338 e. The Labute approximate surface area is 172 Å². The van der Waals surface area contributed by atoms with Crippen molar-refractivity contribution in [1.82, 2.24) is 9.78 Å². The first-order chi connectivity index (χ1) is 13.4. The molecule has 1 heterocycles. The van der Waals surface area contributed by atoms with Crippen molar-refractivity contribution in [3.8, 4) is 5.69 Å². The van der Waals surface area contributed by atoms with Crippen molar-refractivity contribution in [2.45, 2.75) is 13.8 Å². The summed E-state index contributed by atoms with van der Waals surface area (Å²) in [7, 11) is 0. The van der Waals surface area contributed by atoms with Gasteiger partial charge in [-0.15, -0.1) is 0 Å². The van der Waals surface area contributed by atoms with Crippen LogP contribution in [0.25, 0.3) is 5.69 Å². The third kappa shape index (κ3) is 4.35. The van der Waals surface area contributed by atoms with Crippen molar-refractivity contribution in [1.29, 1.82) is 0 Å². The average molecular weight is 418 g/mol. The van der Waals surface area contributed by atoms with Gasteiger partial charge in [0.2, 0.25) is 0 Å². The van der Waals surface area contributed by atoms with Gasteiger partial charge in [0.25, 0.3) is 5.91 Å². The number of anilines is 1. The molecule has 2 aromatic carbocycles. The van der Waals surface area contributed by atoms with E-state index >= 15 is 0 Å². The van der Waals surface area contributed by atoms with Gasteiger partial charge >= 0.3 is 5.97 Å². The Balaban J connectivity index is 1.66. The zero-order chi connectivity index (χ0) is 20.3. The van der Waals surface area contributed by atoms with E-state index in [9.17, 15) is 9.59 Å². The number of hydrogen-bond donors (Lipinski definition) is 1. The highest BCUT2D eigenvalue weighted by Crippen LogP contribution is 2.24. The first-order valence-corrected chi connectivity index (χ1v) is 9.16. The lowest BCUT2D eigenvalue weighted by molar-refractivity contribution is -0.119. The Morgan fingerprint density at radius 1 is 1.07 bits per heavy atom. The Kier molecular flexibility index (Phi) is 6.02. The molecule has 0 aliphatic carbocycles. The Morgan fingerprint density at radius 3 is 2.46 bits per heavy atom. The predicted octanol–water partition coefficient (Wildman–Crippen LogP) is 4.59. The molecule has 0 radical (unpaired) electrons. The number of carbonyl (C=O) groups is 2. The van der Waals surface area contributed by atoms with Crippen LogP contribution in [0.5, 0.6) is 0 Å². The number of aryl methyl sites for hydroxylation is 1. The minimum Gasteiger partial charge on any atom is -0.452 e. The van der Waals surface area contributed by atoms with E-state index < -0.39 is 18.5 Å². The number of amides is 1. The predicted molar refractivity (Wildman–Crippen MR) is 108 cm³/mol. The molecule has 3 rings (SSSR count). The number of benzene rings is 2. The molecule has 1 aromatic heterocycles. The molecule has 8 heteroatoms. The molecule has 0 saturated carbocycles. The molecule has 0 aliphatic heterocycles. The van der Waals surface area contributed by atoms with Gasteiger partial charge in [0, 0.05) is 0 Å².